The topological polar surface area (TPSA) is 51.2 Å². The van der Waals surface area contributed by atoms with Crippen LogP contribution in [0.4, 0.5) is 0 Å². The Morgan fingerprint density at radius 1 is 1.10 bits per heavy atom. The second kappa shape index (κ2) is 11.9. The largest absolute Gasteiger partial charge is 0.497 e. The number of hydrogen-bond donors (Lipinski definition) is 1. The van der Waals surface area contributed by atoms with E-state index in [2.05, 4.69) is 47.6 Å². The zero-order chi connectivity index (χ0) is 21.9. The highest BCUT2D eigenvalue weighted by Gasteiger charge is 2.07. The van der Waals surface area contributed by atoms with Gasteiger partial charge < -0.3 is 10.1 Å². The van der Waals surface area contributed by atoms with Crippen molar-refractivity contribution in [3.63, 3.8) is 0 Å². The first kappa shape index (κ1) is 22.5. The molecular formula is C27H32N2O2. The van der Waals surface area contributed by atoms with Gasteiger partial charge in [0.15, 0.2) is 0 Å². The van der Waals surface area contributed by atoms with Gasteiger partial charge in [-0.1, -0.05) is 37.6 Å². The van der Waals surface area contributed by atoms with Gasteiger partial charge in [0.1, 0.15) is 5.75 Å². The van der Waals surface area contributed by atoms with Crippen molar-refractivity contribution in [2.75, 3.05) is 13.7 Å². The van der Waals surface area contributed by atoms with Gasteiger partial charge in [0, 0.05) is 25.0 Å². The first-order chi connectivity index (χ1) is 15.2. The van der Waals surface area contributed by atoms with E-state index in [0.29, 0.717) is 6.54 Å². The molecule has 162 valence electrons. The predicted molar refractivity (Wildman–Crippen MR) is 128 cm³/mol. The quantitative estimate of drug-likeness (QED) is 0.320. The van der Waals surface area contributed by atoms with E-state index in [1.807, 2.05) is 24.4 Å². The average molecular weight is 417 g/mol. The monoisotopic (exact) mass is 416 g/mol. The minimum atomic E-state index is -0.0438. The molecule has 4 heteroatoms. The standard InChI is InChI=1S/C27H32N2O2/c1-3-4-10-25-22(11-12-23-19-24(31-2)14-15-26(23)25)13-16-27(30)29-18-6-5-8-21-9-7-17-28-20-21/h7,9,11-17,19-20H,3-6,8,10,18H2,1-2H3,(H,29,30). The molecule has 0 spiro atoms. The van der Waals surface area contributed by atoms with Crippen molar-refractivity contribution >= 4 is 22.8 Å². The molecule has 31 heavy (non-hydrogen) atoms. The molecule has 3 rings (SSSR count). The van der Waals surface area contributed by atoms with E-state index in [1.165, 1.54) is 21.9 Å². The number of fused-ring (bicyclic) bond motifs is 1. The van der Waals surface area contributed by atoms with E-state index in [-0.39, 0.29) is 5.91 Å². The number of nitrogens with one attached hydrogen (secondary N) is 1. The molecule has 1 amide bonds. The van der Waals surface area contributed by atoms with Crippen molar-refractivity contribution in [3.05, 3.63) is 77.6 Å². The number of rotatable bonds is 11. The van der Waals surface area contributed by atoms with Crippen molar-refractivity contribution < 1.29 is 9.53 Å². The van der Waals surface area contributed by atoms with Crippen LogP contribution in [0.2, 0.25) is 0 Å². The smallest absolute Gasteiger partial charge is 0.243 e. The fourth-order valence-corrected chi connectivity index (χ4v) is 3.74. The Bertz CT molecular complexity index is 1010. The molecule has 2 aromatic carbocycles. The van der Waals surface area contributed by atoms with Crippen LogP contribution < -0.4 is 10.1 Å². The SMILES string of the molecule is CCCCc1c(C=CC(=O)NCCCCc2cccnc2)ccc2cc(OC)ccc12. The average Bonchev–Trinajstić information content (AvgIpc) is 2.81. The van der Waals surface area contributed by atoms with Crippen LogP contribution in [0.25, 0.3) is 16.8 Å². The molecule has 0 aliphatic heterocycles. The van der Waals surface area contributed by atoms with Crippen molar-refractivity contribution in [3.8, 4) is 5.75 Å². The number of aryl methyl sites for hydroxylation is 2. The first-order valence-corrected chi connectivity index (χ1v) is 11.2. The van der Waals surface area contributed by atoms with Crippen LogP contribution in [0, 0.1) is 0 Å². The molecule has 1 aromatic heterocycles. The minimum Gasteiger partial charge on any atom is -0.497 e. The lowest BCUT2D eigenvalue weighted by atomic mass is 9.94. The summed E-state index contributed by atoms with van der Waals surface area (Å²) in [5.41, 5.74) is 3.64. The fraction of sp³-hybridized carbons (Fsp3) is 0.333. The number of pyridine rings is 1. The molecule has 0 aliphatic carbocycles. The molecule has 0 fully saturated rings. The predicted octanol–water partition coefficient (Wildman–Crippen LogP) is 5.74. The lowest BCUT2D eigenvalue weighted by molar-refractivity contribution is -0.116. The van der Waals surface area contributed by atoms with Gasteiger partial charge >= 0.3 is 0 Å². The van der Waals surface area contributed by atoms with E-state index in [9.17, 15) is 4.79 Å². The van der Waals surface area contributed by atoms with E-state index in [4.69, 9.17) is 4.74 Å². The Balaban J connectivity index is 1.59. The molecule has 0 saturated heterocycles. The maximum Gasteiger partial charge on any atom is 0.243 e. The van der Waals surface area contributed by atoms with Gasteiger partial charge in [0.2, 0.25) is 5.91 Å². The van der Waals surface area contributed by atoms with Gasteiger partial charge in [-0.25, -0.2) is 0 Å². The Labute approximate surface area is 185 Å². The molecule has 3 aromatic rings. The summed E-state index contributed by atoms with van der Waals surface area (Å²) in [4.78, 5) is 16.4. The number of nitrogens with zero attached hydrogens (tertiary/aromatic N) is 1. The summed E-state index contributed by atoms with van der Waals surface area (Å²) in [5, 5.41) is 5.39. The van der Waals surface area contributed by atoms with E-state index >= 15 is 0 Å². The van der Waals surface area contributed by atoms with Crippen LogP contribution in [-0.2, 0) is 17.6 Å². The Morgan fingerprint density at radius 2 is 2.00 bits per heavy atom. The van der Waals surface area contributed by atoms with Crippen LogP contribution in [0.15, 0.2) is 60.9 Å². The van der Waals surface area contributed by atoms with Gasteiger partial charge in [0.05, 0.1) is 7.11 Å². The highest BCUT2D eigenvalue weighted by molar-refractivity contribution is 5.94. The number of ether oxygens (including phenoxy) is 1. The Morgan fingerprint density at radius 3 is 2.77 bits per heavy atom. The number of amides is 1. The number of carbonyl (C=O) groups excluding carboxylic acids is 1. The van der Waals surface area contributed by atoms with E-state index in [0.717, 1.165) is 49.8 Å². The van der Waals surface area contributed by atoms with Crippen LogP contribution in [0.5, 0.6) is 5.75 Å². The number of methoxy groups -OCH3 is 1. The second-order valence-electron chi connectivity index (χ2n) is 7.77. The first-order valence-electron chi connectivity index (χ1n) is 11.2. The highest BCUT2D eigenvalue weighted by Crippen LogP contribution is 2.28. The van der Waals surface area contributed by atoms with Crippen molar-refractivity contribution in [2.45, 2.75) is 45.4 Å². The molecule has 0 unspecified atom stereocenters. The summed E-state index contributed by atoms with van der Waals surface area (Å²) in [6.07, 6.45) is 13.5. The summed E-state index contributed by atoms with van der Waals surface area (Å²) in [6, 6.07) is 14.4. The third-order valence-corrected chi connectivity index (χ3v) is 5.48. The molecule has 0 bridgehead atoms. The molecular weight excluding hydrogens is 384 g/mol. The van der Waals surface area contributed by atoms with Crippen molar-refractivity contribution in [1.82, 2.24) is 10.3 Å². The second-order valence-corrected chi connectivity index (χ2v) is 7.77. The molecule has 0 radical (unpaired) electrons. The maximum atomic E-state index is 12.3. The Hall–Kier alpha value is -3.14. The summed E-state index contributed by atoms with van der Waals surface area (Å²) >= 11 is 0. The number of unbranched alkanes of at least 4 members (excludes halogenated alkanes) is 2. The molecule has 1 heterocycles. The summed E-state index contributed by atoms with van der Waals surface area (Å²) in [5.74, 6) is 0.817. The zero-order valence-electron chi connectivity index (χ0n) is 18.6. The lowest BCUT2D eigenvalue weighted by Crippen LogP contribution is -2.22. The molecule has 0 saturated carbocycles. The fourth-order valence-electron chi connectivity index (χ4n) is 3.74. The molecule has 0 aliphatic rings. The van der Waals surface area contributed by atoms with Gasteiger partial charge in [-0.05, 0) is 83.8 Å². The number of benzene rings is 2. The normalized spacial score (nSPS) is 11.2. The highest BCUT2D eigenvalue weighted by atomic mass is 16.5. The molecule has 0 atom stereocenters. The third-order valence-electron chi connectivity index (χ3n) is 5.48. The van der Waals surface area contributed by atoms with Gasteiger partial charge in [-0.2, -0.15) is 0 Å². The zero-order valence-corrected chi connectivity index (χ0v) is 18.6. The van der Waals surface area contributed by atoms with Gasteiger partial charge in [-0.15, -0.1) is 0 Å². The van der Waals surface area contributed by atoms with Gasteiger partial charge in [-0.3, -0.25) is 9.78 Å². The van der Waals surface area contributed by atoms with Gasteiger partial charge in [0.25, 0.3) is 0 Å². The third kappa shape index (κ3) is 6.68. The van der Waals surface area contributed by atoms with E-state index < -0.39 is 0 Å². The molecule has 4 nitrogen and oxygen atoms in total. The van der Waals surface area contributed by atoms with Crippen molar-refractivity contribution in [2.24, 2.45) is 0 Å². The maximum absolute atomic E-state index is 12.3. The van der Waals surface area contributed by atoms with Crippen molar-refractivity contribution in [1.29, 1.82) is 0 Å². The minimum absolute atomic E-state index is 0.0438. The number of aromatic nitrogens is 1. The van der Waals surface area contributed by atoms with Crippen LogP contribution in [-0.4, -0.2) is 24.5 Å². The van der Waals surface area contributed by atoms with Crippen LogP contribution in [0.3, 0.4) is 0 Å². The Kier molecular flexibility index (Phi) is 8.65. The summed E-state index contributed by atoms with van der Waals surface area (Å²) in [6.45, 7) is 2.88. The number of hydrogen-bond acceptors (Lipinski definition) is 3. The summed E-state index contributed by atoms with van der Waals surface area (Å²) in [7, 11) is 1.69. The molecule has 1 N–H and O–H groups in total. The van der Waals surface area contributed by atoms with Crippen LogP contribution in [0.1, 0.15) is 49.3 Å². The lowest BCUT2D eigenvalue weighted by Gasteiger charge is -2.12. The summed E-state index contributed by atoms with van der Waals surface area (Å²) < 4.78 is 5.36. The number of carbonyl (C=O) groups is 1. The van der Waals surface area contributed by atoms with E-state index in [1.54, 1.807) is 19.4 Å². The van der Waals surface area contributed by atoms with Crippen LogP contribution >= 0.6 is 0 Å².